The number of benzene rings is 2. The highest BCUT2D eigenvalue weighted by Gasteiger charge is 2.29. The highest BCUT2D eigenvalue weighted by Crippen LogP contribution is 2.31. The maximum atomic E-state index is 14.1. The summed E-state index contributed by atoms with van der Waals surface area (Å²) in [6, 6.07) is 21.9. The molecule has 10 nitrogen and oxygen atoms in total. The van der Waals surface area contributed by atoms with Crippen molar-refractivity contribution < 1.29 is 5.11 Å². The fourth-order valence-corrected chi connectivity index (χ4v) is 5.60. The standard InChI is InChI=1S/C32H39N7O3/c1-3-18-39-31(41)28-30(38(32(39)42)19-16-24-11-7-5-8-12-24)34-29(37(28)21-20-36(4-2)22-23-40)27(26-15-17-33-35-26)25-13-9-6-10-14-25/h5-15,17,27,40H,3-4,16,18-23H2,1-2H3,(H,33,35). The Hall–Kier alpha value is -4.28. The fourth-order valence-electron chi connectivity index (χ4n) is 5.60. The van der Waals surface area contributed by atoms with E-state index in [2.05, 4.69) is 22.0 Å². The van der Waals surface area contributed by atoms with Crippen molar-refractivity contribution >= 4 is 11.2 Å². The first-order valence-corrected chi connectivity index (χ1v) is 14.7. The molecule has 2 aromatic carbocycles. The van der Waals surface area contributed by atoms with Crippen LogP contribution in [0.1, 0.15) is 48.8 Å². The lowest BCUT2D eigenvalue weighted by molar-refractivity contribution is 0.197. The Bertz CT molecular complexity index is 1690. The van der Waals surface area contributed by atoms with Crippen LogP contribution in [-0.2, 0) is 26.1 Å². The summed E-state index contributed by atoms with van der Waals surface area (Å²) in [7, 11) is 0. The van der Waals surface area contributed by atoms with Gasteiger partial charge in [-0.25, -0.2) is 9.78 Å². The minimum atomic E-state index is -0.366. The minimum Gasteiger partial charge on any atom is -0.395 e. The largest absolute Gasteiger partial charge is 0.395 e. The minimum absolute atomic E-state index is 0.0492. The Balaban J connectivity index is 1.76. The summed E-state index contributed by atoms with van der Waals surface area (Å²) in [6.45, 7) is 7.13. The van der Waals surface area contributed by atoms with Crippen LogP contribution in [-0.4, -0.2) is 65.1 Å². The molecule has 42 heavy (non-hydrogen) atoms. The van der Waals surface area contributed by atoms with E-state index >= 15 is 0 Å². The zero-order valence-electron chi connectivity index (χ0n) is 24.3. The van der Waals surface area contributed by atoms with Crippen LogP contribution in [0.4, 0.5) is 0 Å². The van der Waals surface area contributed by atoms with Gasteiger partial charge in [0.05, 0.1) is 18.2 Å². The van der Waals surface area contributed by atoms with E-state index in [0.717, 1.165) is 23.4 Å². The number of hydrogen-bond donors (Lipinski definition) is 2. The van der Waals surface area contributed by atoms with Crippen LogP contribution in [0, 0.1) is 0 Å². The van der Waals surface area contributed by atoms with Crippen LogP contribution in [0.5, 0.6) is 0 Å². The van der Waals surface area contributed by atoms with Gasteiger partial charge in [0, 0.05) is 38.9 Å². The number of nitrogens with one attached hydrogen (secondary N) is 1. The van der Waals surface area contributed by atoms with Crippen molar-refractivity contribution in [3.63, 3.8) is 0 Å². The molecule has 0 saturated carbocycles. The summed E-state index contributed by atoms with van der Waals surface area (Å²) in [5, 5.41) is 17.1. The van der Waals surface area contributed by atoms with Crippen molar-refractivity contribution in [1.82, 2.24) is 33.8 Å². The molecule has 0 aliphatic heterocycles. The number of aliphatic hydroxyl groups excluding tert-OH is 1. The molecule has 220 valence electrons. The van der Waals surface area contributed by atoms with E-state index in [9.17, 15) is 14.7 Å². The molecule has 3 heterocycles. The average molecular weight is 570 g/mol. The van der Waals surface area contributed by atoms with Gasteiger partial charge in [-0.1, -0.05) is 74.5 Å². The van der Waals surface area contributed by atoms with Gasteiger partial charge < -0.3 is 9.67 Å². The summed E-state index contributed by atoms with van der Waals surface area (Å²) in [5.74, 6) is 0.289. The summed E-state index contributed by atoms with van der Waals surface area (Å²) in [6.07, 6.45) is 3.06. The third-order valence-corrected chi connectivity index (χ3v) is 7.77. The zero-order chi connectivity index (χ0) is 29.5. The molecule has 0 aliphatic rings. The Morgan fingerprint density at radius 1 is 0.881 bits per heavy atom. The van der Waals surface area contributed by atoms with Gasteiger partial charge in [0.2, 0.25) is 0 Å². The van der Waals surface area contributed by atoms with Crippen LogP contribution in [0.25, 0.3) is 11.2 Å². The van der Waals surface area contributed by atoms with Gasteiger partial charge in [-0.2, -0.15) is 5.10 Å². The first kappa shape index (κ1) is 29.2. The topological polar surface area (TPSA) is 114 Å². The number of rotatable bonds is 14. The van der Waals surface area contributed by atoms with Gasteiger partial charge in [-0.15, -0.1) is 0 Å². The van der Waals surface area contributed by atoms with E-state index in [-0.39, 0.29) is 23.8 Å². The van der Waals surface area contributed by atoms with Crippen molar-refractivity contribution in [2.75, 3.05) is 26.2 Å². The predicted octanol–water partition coefficient (Wildman–Crippen LogP) is 3.23. The molecule has 0 bridgehead atoms. The zero-order valence-corrected chi connectivity index (χ0v) is 24.3. The molecule has 1 atom stereocenters. The Morgan fingerprint density at radius 2 is 1.62 bits per heavy atom. The van der Waals surface area contributed by atoms with Crippen molar-refractivity contribution in [2.45, 2.75) is 52.2 Å². The van der Waals surface area contributed by atoms with Crippen LogP contribution in [0.15, 0.2) is 82.5 Å². The van der Waals surface area contributed by atoms with Crippen LogP contribution in [0.3, 0.4) is 0 Å². The van der Waals surface area contributed by atoms with E-state index in [1.807, 2.05) is 78.2 Å². The molecule has 0 amide bonds. The highest BCUT2D eigenvalue weighted by atomic mass is 16.3. The molecule has 0 aliphatic carbocycles. The Kier molecular flexibility index (Phi) is 9.45. The second kappa shape index (κ2) is 13.6. The third-order valence-electron chi connectivity index (χ3n) is 7.77. The smallest absolute Gasteiger partial charge is 0.332 e. The van der Waals surface area contributed by atoms with Gasteiger partial charge >= 0.3 is 5.69 Å². The maximum absolute atomic E-state index is 14.1. The Labute approximate surface area is 244 Å². The molecular weight excluding hydrogens is 530 g/mol. The number of likely N-dealkylation sites (N-methyl/N-ethyl adjacent to an activating group) is 1. The van der Waals surface area contributed by atoms with Gasteiger partial charge in [-0.05, 0) is 36.6 Å². The molecule has 0 radical (unpaired) electrons. The van der Waals surface area contributed by atoms with Crippen LogP contribution < -0.4 is 11.2 Å². The lowest BCUT2D eigenvalue weighted by Gasteiger charge is -2.22. The third kappa shape index (κ3) is 6.00. The molecule has 0 spiro atoms. The first-order chi connectivity index (χ1) is 20.6. The number of aromatic amines is 1. The Morgan fingerprint density at radius 3 is 2.26 bits per heavy atom. The normalized spacial score (nSPS) is 12.4. The number of imidazole rings is 1. The molecule has 3 aromatic heterocycles. The van der Waals surface area contributed by atoms with E-state index in [1.54, 1.807) is 10.8 Å². The van der Waals surface area contributed by atoms with Crippen molar-refractivity contribution in [3.8, 4) is 0 Å². The number of aliphatic hydroxyl groups is 1. The number of aromatic nitrogens is 6. The maximum Gasteiger partial charge on any atom is 0.332 e. The van der Waals surface area contributed by atoms with E-state index in [0.29, 0.717) is 62.6 Å². The average Bonchev–Trinajstić information content (AvgIpc) is 3.68. The predicted molar refractivity (Wildman–Crippen MR) is 164 cm³/mol. The fraction of sp³-hybridized carbons (Fsp3) is 0.375. The van der Waals surface area contributed by atoms with Crippen LogP contribution in [0.2, 0.25) is 0 Å². The summed E-state index contributed by atoms with van der Waals surface area (Å²) in [5.41, 5.74) is 3.00. The van der Waals surface area contributed by atoms with Gasteiger partial charge in [0.25, 0.3) is 5.56 Å². The summed E-state index contributed by atoms with van der Waals surface area (Å²) in [4.78, 5) is 35.2. The quantitative estimate of drug-likeness (QED) is 0.212. The molecule has 5 aromatic rings. The number of aryl methyl sites for hydroxylation is 2. The van der Waals surface area contributed by atoms with E-state index < -0.39 is 0 Å². The summed E-state index contributed by atoms with van der Waals surface area (Å²) >= 11 is 0. The first-order valence-electron chi connectivity index (χ1n) is 14.7. The monoisotopic (exact) mass is 569 g/mol. The second-order valence-electron chi connectivity index (χ2n) is 10.4. The van der Waals surface area contributed by atoms with Crippen LogP contribution >= 0.6 is 0 Å². The van der Waals surface area contributed by atoms with E-state index in [4.69, 9.17) is 4.98 Å². The SMILES string of the molecule is CCCn1c(=O)c2c(nc(C(c3ccccc3)c3cc[nH]n3)n2CCN(CC)CCO)n(CCc2ccccc2)c1=O. The molecule has 0 saturated heterocycles. The second-order valence-corrected chi connectivity index (χ2v) is 10.4. The number of H-pyrrole nitrogens is 1. The van der Waals surface area contributed by atoms with Gasteiger partial charge in [-0.3, -0.25) is 23.9 Å². The van der Waals surface area contributed by atoms with Gasteiger partial charge in [0.15, 0.2) is 11.2 Å². The number of hydrogen-bond acceptors (Lipinski definition) is 6. The van der Waals surface area contributed by atoms with Crippen molar-refractivity contribution in [3.05, 3.63) is 116 Å². The molecule has 1 unspecified atom stereocenters. The van der Waals surface area contributed by atoms with E-state index in [1.165, 1.54) is 4.57 Å². The molecule has 10 heteroatoms. The molecular formula is C32H39N7O3. The summed E-state index contributed by atoms with van der Waals surface area (Å²) < 4.78 is 5.00. The number of nitrogens with zero attached hydrogens (tertiary/aromatic N) is 6. The number of fused-ring (bicyclic) bond motifs is 1. The van der Waals surface area contributed by atoms with Crippen molar-refractivity contribution in [1.29, 1.82) is 0 Å². The molecule has 2 N–H and O–H groups in total. The highest BCUT2D eigenvalue weighted by molar-refractivity contribution is 5.72. The van der Waals surface area contributed by atoms with Crippen molar-refractivity contribution in [2.24, 2.45) is 0 Å². The molecule has 5 rings (SSSR count). The van der Waals surface area contributed by atoms with Gasteiger partial charge in [0.1, 0.15) is 5.82 Å². The molecule has 0 fully saturated rings. The lowest BCUT2D eigenvalue weighted by Crippen LogP contribution is -2.41. The lowest BCUT2D eigenvalue weighted by atomic mass is 9.95.